The summed E-state index contributed by atoms with van der Waals surface area (Å²) < 4.78 is 0. The Kier molecular flexibility index (Phi) is 3.04. The van der Waals surface area contributed by atoms with Crippen molar-refractivity contribution in [3.8, 4) is 5.75 Å². The van der Waals surface area contributed by atoms with Crippen LogP contribution in [0.3, 0.4) is 0 Å². The largest absolute Gasteiger partial charge is 0.507 e. The van der Waals surface area contributed by atoms with Crippen LogP contribution in [0.4, 0.5) is 0 Å². The van der Waals surface area contributed by atoms with Crippen molar-refractivity contribution in [2.45, 2.75) is 25.2 Å². The smallest absolute Gasteiger partial charge is 0.129 e. The quantitative estimate of drug-likeness (QED) is 0.674. The molecule has 0 aliphatic carbocycles. The molecule has 1 N–H and O–H groups in total. The summed E-state index contributed by atoms with van der Waals surface area (Å²) in [7, 11) is 0. The maximum atomic E-state index is 9.34. The molecular formula is C10H14OS. The van der Waals surface area contributed by atoms with Crippen LogP contribution in [-0.4, -0.2) is 5.11 Å². The van der Waals surface area contributed by atoms with Gasteiger partial charge in [0.05, 0.1) is 0 Å². The first-order valence-corrected chi connectivity index (χ1v) is 4.55. The van der Waals surface area contributed by atoms with E-state index in [0.29, 0.717) is 10.8 Å². The van der Waals surface area contributed by atoms with E-state index in [0.717, 1.165) is 6.42 Å². The molecule has 0 heterocycles. The number of benzene rings is 1. The molecular weight excluding hydrogens is 168 g/mol. The fourth-order valence-corrected chi connectivity index (χ4v) is 1.31. The van der Waals surface area contributed by atoms with Crippen molar-refractivity contribution in [2.75, 3.05) is 0 Å². The van der Waals surface area contributed by atoms with Gasteiger partial charge in [-0.1, -0.05) is 19.9 Å². The van der Waals surface area contributed by atoms with Gasteiger partial charge < -0.3 is 5.11 Å². The monoisotopic (exact) mass is 182 g/mol. The highest BCUT2D eigenvalue weighted by Gasteiger charge is 2.00. The molecule has 0 atom stereocenters. The molecule has 0 saturated carbocycles. The van der Waals surface area contributed by atoms with Crippen LogP contribution in [0.5, 0.6) is 5.75 Å². The molecule has 0 bridgehead atoms. The number of phenolic OH excluding ortho intramolecular Hbond substituents is 1. The van der Waals surface area contributed by atoms with E-state index < -0.39 is 0 Å². The fourth-order valence-electron chi connectivity index (χ4n) is 1.17. The minimum Gasteiger partial charge on any atom is -0.507 e. The van der Waals surface area contributed by atoms with Crippen molar-refractivity contribution in [3.05, 3.63) is 23.8 Å². The maximum Gasteiger partial charge on any atom is 0.129 e. The molecule has 0 fully saturated rings. The summed E-state index contributed by atoms with van der Waals surface area (Å²) in [5.41, 5.74) is 1.17. The predicted molar refractivity (Wildman–Crippen MR) is 53.9 cm³/mol. The molecule has 0 spiro atoms. The second-order valence-electron chi connectivity index (χ2n) is 3.42. The lowest BCUT2D eigenvalue weighted by Crippen LogP contribution is -1.93. The molecule has 66 valence electrons. The first-order chi connectivity index (χ1) is 5.59. The zero-order valence-electron chi connectivity index (χ0n) is 7.41. The molecule has 0 aromatic heterocycles. The van der Waals surface area contributed by atoms with Gasteiger partial charge in [-0.15, -0.1) is 12.6 Å². The van der Waals surface area contributed by atoms with Crippen LogP contribution in [0, 0.1) is 5.92 Å². The van der Waals surface area contributed by atoms with Crippen LogP contribution in [0.1, 0.15) is 19.4 Å². The Morgan fingerprint density at radius 2 is 2.08 bits per heavy atom. The Labute approximate surface area is 78.8 Å². The molecule has 0 aliphatic rings. The van der Waals surface area contributed by atoms with E-state index in [9.17, 15) is 5.11 Å². The van der Waals surface area contributed by atoms with E-state index in [-0.39, 0.29) is 5.75 Å². The van der Waals surface area contributed by atoms with E-state index in [1.807, 2.05) is 12.1 Å². The Balaban J connectivity index is 2.82. The Hall–Kier alpha value is -0.630. The average Bonchev–Trinajstić information content (AvgIpc) is 1.96. The first-order valence-electron chi connectivity index (χ1n) is 4.10. The highest BCUT2D eigenvalue weighted by molar-refractivity contribution is 7.80. The van der Waals surface area contributed by atoms with Crippen molar-refractivity contribution in [2.24, 2.45) is 5.92 Å². The third-order valence-corrected chi connectivity index (χ3v) is 2.06. The molecule has 0 aliphatic heterocycles. The fraction of sp³-hybridized carbons (Fsp3) is 0.400. The zero-order valence-corrected chi connectivity index (χ0v) is 8.31. The van der Waals surface area contributed by atoms with Crippen LogP contribution in [0.2, 0.25) is 0 Å². The van der Waals surface area contributed by atoms with Gasteiger partial charge >= 0.3 is 0 Å². The minimum atomic E-state index is 0.275. The van der Waals surface area contributed by atoms with Gasteiger partial charge in [0.15, 0.2) is 0 Å². The van der Waals surface area contributed by atoms with Crippen molar-refractivity contribution >= 4 is 12.6 Å². The van der Waals surface area contributed by atoms with Crippen LogP contribution in [0.25, 0.3) is 0 Å². The SMILES string of the molecule is CC(C)Cc1ccc(S)c(O)c1. The molecule has 1 nitrogen and oxygen atoms in total. The highest BCUT2D eigenvalue weighted by atomic mass is 32.1. The second-order valence-corrected chi connectivity index (χ2v) is 3.90. The standard InChI is InChI=1S/C10H14OS/c1-7(2)5-8-3-4-10(12)9(11)6-8/h3-4,6-7,11-12H,5H2,1-2H3. The predicted octanol–water partition coefficient (Wildman–Crippen LogP) is 2.88. The Bertz CT molecular complexity index is 269. The van der Waals surface area contributed by atoms with Crippen molar-refractivity contribution in [1.82, 2.24) is 0 Å². The van der Waals surface area contributed by atoms with E-state index in [1.165, 1.54) is 5.56 Å². The lowest BCUT2D eigenvalue weighted by Gasteiger charge is -2.05. The van der Waals surface area contributed by atoms with Crippen LogP contribution < -0.4 is 0 Å². The number of thiol groups is 1. The summed E-state index contributed by atoms with van der Waals surface area (Å²) in [6.45, 7) is 4.32. The van der Waals surface area contributed by atoms with E-state index >= 15 is 0 Å². The van der Waals surface area contributed by atoms with Crippen molar-refractivity contribution in [3.63, 3.8) is 0 Å². The zero-order chi connectivity index (χ0) is 9.14. The molecule has 0 radical (unpaired) electrons. The molecule has 12 heavy (non-hydrogen) atoms. The van der Waals surface area contributed by atoms with Crippen LogP contribution >= 0.6 is 12.6 Å². The molecule has 2 heteroatoms. The number of phenols is 1. The minimum absolute atomic E-state index is 0.275. The maximum absolute atomic E-state index is 9.34. The van der Waals surface area contributed by atoms with Gasteiger partial charge in [0.1, 0.15) is 5.75 Å². The van der Waals surface area contributed by atoms with Crippen LogP contribution in [-0.2, 0) is 6.42 Å². The molecule has 0 saturated heterocycles. The Morgan fingerprint density at radius 3 is 2.58 bits per heavy atom. The summed E-state index contributed by atoms with van der Waals surface area (Å²) >= 11 is 4.09. The summed E-state index contributed by atoms with van der Waals surface area (Å²) in [6.07, 6.45) is 1.00. The van der Waals surface area contributed by atoms with Gasteiger partial charge in [-0.05, 0) is 30.0 Å². The lowest BCUT2D eigenvalue weighted by atomic mass is 10.0. The molecule has 1 aromatic rings. The topological polar surface area (TPSA) is 20.2 Å². The number of hydrogen-bond donors (Lipinski definition) is 2. The van der Waals surface area contributed by atoms with E-state index in [4.69, 9.17) is 0 Å². The van der Waals surface area contributed by atoms with Gasteiger partial charge in [0, 0.05) is 4.90 Å². The Morgan fingerprint density at radius 1 is 1.42 bits per heavy atom. The summed E-state index contributed by atoms with van der Waals surface area (Å²) in [6, 6.07) is 5.61. The molecule has 1 aromatic carbocycles. The van der Waals surface area contributed by atoms with Crippen molar-refractivity contribution in [1.29, 1.82) is 0 Å². The van der Waals surface area contributed by atoms with Gasteiger partial charge in [0.2, 0.25) is 0 Å². The van der Waals surface area contributed by atoms with Gasteiger partial charge in [0.25, 0.3) is 0 Å². The lowest BCUT2D eigenvalue weighted by molar-refractivity contribution is 0.461. The third kappa shape index (κ3) is 2.45. The number of rotatable bonds is 2. The molecule has 1 rings (SSSR count). The highest BCUT2D eigenvalue weighted by Crippen LogP contribution is 2.23. The first kappa shape index (κ1) is 9.46. The normalized spacial score (nSPS) is 10.7. The van der Waals surface area contributed by atoms with E-state index in [2.05, 4.69) is 26.5 Å². The number of hydrogen-bond acceptors (Lipinski definition) is 2. The average molecular weight is 182 g/mol. The summed E-state index contributed by atoms with van der Waals surface area (Å²) in [5, 5.41) is 9.34. The van der Waals surface area contributed by atoms with Gasteiger partial charge in [-0.2, -0.15) is 0 Å². The van der Waals surface area contributed by atoms with Gasteiger partial charge in [-0.3, -0.25) is 0 Å². The second kappa shape index (κ2) is 3.85. The molecule has 0 unspecified atom stereocenters. The molecule has 0 amide bonds. The summed E-state index contributed by atoms with van der Waals surface area (Å²) in [4.78, 5) is 0.641. The summed E-state index contributed by atoms with van der Waals surface area (Å²) in [5.74, 6) is 0.895. The van der Waals surface area contributed by atoms with E-state index in [1.54, 1.807) is 6.07 Å². The van der Waals surface area contributed by atoms with Crippen LogP contribution in [0.15, 0.2) is 23.1 Å². The van der Waals surface area contributed by atoms with Crippen molar-refractivity contribution < 1.29 is 5.11 Å². The van der Waals surface area contributed by atoms with Gasteiger partial charge in [-0.25, -0.2) is 0 Å². The third-order valence-electron chi connectivity index (χ3n) is 1.68. The number of aromatic hydroxyl groups is 1.